The largest absolute Gasteiger partial charge is 0.326 e. The molecule has 1 rings (SSSR count). The highest BCUT2D eigenvalue weighted by atomic mass is 32.2. The van der Waals surface area contributed by atoms with Crippen molar-refractivity contribution in [1.82, 2.24) is 4.72 Å². The zero-order chi connectivity index (χ0) is 12.9. The standard InChI is InChI=1S/C12H26N2O2S/c1-3-10(4-2)9-17(15,16)14-12-8-6-5-7-11(12)13/h10-12,14H,3-9,13H2,1-2H3. The molecular formula is C12H26N2O2S. The van der Waals surface area contributed by atoms with E-state index in [1.165, 1.54) is 0 Å². The van der Waals surface area contributed by atoms with Gasteiger partial charge in [0.2, 0.25) is 10.0 Å². The number of sulfonamides is 1. The van der Waals surface area contributed by atoms with Crippen LogP contribution in [0.25, 0.3) is 0 Å². The fraction of sp³-hybridized carbons (Fsp3) is 1.00. The van der Waals surface area contributed by atoms with Gasteiger partial charge in [-0.15, -0.1) is 0 Å². The summed E-state index contributed by atoms with van der Waals surface area (Å²) in [5.74, 6) is 0.496. The maximum atomic E-state index is 12.0. The Labute approximate surface area is 105 Å². The van der Waals surface area contributed by atoms with Gasteiger partial charge in [-0.05, 0) is 18.8 Å². The van der Waals surface area contributed by atoms with Gasteiger partial charge in [-0.1, -0.05) is 39.5 Å². The van der Waals surface area contributed by atoms with Crippen LogP contribution >= 0.6 is 0 Å². The van der Waals surface area contributed by atoms with Crippen molar-refractivity contribution in [3.63, 3.8) is 0 Å². The highest BCUT2D eigenvalue weighted by molar-refractivity contribution is 7.89. The summed E-state index contributed by atoms with van der Waals surface area (Å²) in [5.41, 5.74) is 5.96. The maximum absolute atomic E-state index is 12.0. The van der Waals surface area contributed by atoms with Gasteiger partial charge in [-0.25, -0.2) is 13.1 Å². The molecule has 1 fully saturated rings. The molecule has 0 heterocycles. The molecule has 0 aromatic heterocycles. The van der Waals surface area contributed by atoms with E-state index in [2.05, 4.69) is 4.72 Å². The van der Waals surface area contributed by atoms with E-state index < -0.39 is 10.0 Å². The summed E-state index contributed by atoms with van der Waals surface area (Å²) in [7, 11) is -3.17. The first-order valence-corrected chi connectivity index (χ1v) is 8.39. The van der Waals surface area contributed by atoms with Gasteiger partial charge in [-0.3, -0.25) is 0 Å². The first-order chi connectivity index (χ1) is 7.98. The van der Waals surface area contributed by atoms with Crippen molar-refractivity contribution >= 4 is 10.0 Å². The second-order valence-corrected chi connectivity index (χ2v) is 6.94. The monoisotopic (exact) mass is 262 g/mol. The van der Waals surface area contributed by atoms with Crippen LogP contribution in [0.5, 0.6) is 0 Å². The van der Waals surface area contributed by atoms with Crippen LogP contribution in [0.1, 0.15) is 52.4 Å². The number of hydrogen-bond acceptors (Lipinski definition) is 3. The van der Waals surface area contributed by atoms with Gasteiger partial charge in [0.25, 0.3) is 0 Å². The molecular weight excluding hydrogens is 236 g/mol. The van der Waals surface area contributed by atoms with Gasteiger partial charge in [-0.2, -0.15) is 0 Å². The number of nitrogens with one attached hydrogen (secondary N) is 1. The normalized spacial score (nSPS) is 26.4. The second kappa shape index (κ2) is 6.71. The third-order valence-electron chi connectivity index (χ3n) is 3.76. The zero-order valence-corrected chi connectivity index (χ0v) is 11.8. The van der Waals surface area contributed by atoms with Crippen LogP contribution in [-0.4, -0.2) is 26.3 Å². The van der Waals surface area contributed by atoms with E-state index in [0.29, 0.717) is 0 Å². The molecule has 0 aromatic rings. The van der Waals surface area contributed by atoms with Crippen molar-refractivity contribution in [3.05, 3.63) is 0 Å². The molecule has 2 atom stereocenters. The third kappa shape index (κ3) is 4.94. The molecule has 0 spiro atoms. The van der Waals surface area contributed by atoms with E-state index in [0.717, 1.165) is 38.5 Å². The third-order valence-corrected chi connectivity index (χ3v) is 5.33. The molecule has 1 aliphatic carbocycles. The molecule has 5 heteroatoms. The Balaban J connectivity index is 2.53. The van der Waals surface area contributed by atoms with Crippen LogP contribution < -0.4 is 10.5 Å². The van der Waals surface area contributed by atoms with Gasteiger partial charge in [0.1, 0.15) is 0 Å². The van der Waals surface area contributed by atoms with Crippen LogP contribution in [0.3, 0.4) is 0 Å². The van der Waals surface area contributed by atoms with Crippen LogP contribution in [0.4, 0.5) is 0 Å². The van der Waals surface area contributed by atoms with Crippen LogP contribution in [0, 0.1) is 5.92 Å². The maximum Gasteiger partial charge on any atom is 0.212 e. The molecule has 0 bridgehead atoms. The Kier molecular flexibility index (Phi) is 5.89. The minimum absolute atomic E-state index is 0.0137. The number of rotatable bonds is 6. The lowest BCUT2D eigenvalue weighted by atomic mass is 9.92. The Hall–Kier alpha value is -0.130. The Morgan fingerprint density at radius 1 is 1.24 bits per heavy atom. The van der Waals surface area contributed by atoms with E-state index in [4.69, 9.17) is 5.73 Å². The Morgan fingerprint density at radius 2 is 1.82 bits per heavy atom. The summed E-state index contributed by atoms with van der Waals surface area (Å²) in [6, 6.07) is -0.0664. The molecule has 3 N–H and O–H groups in total. The topological polar surface area (TPSA) is 72.2 Å². The van der Waals surface area contributed by atoms with E-state index in [9.17, 15) is 8.42 Å². The SMILES string of the molecule is CCC(CC)CS(=O)(=O)NC1CCCCC1N. The molecule has 0 amide bonds. The molecule has 0 saturated heterocycles. The van der Waals surface area contributed by atoms with E-state index in [1.54, 1.807) is 0 Å². The fourth-order valence-corrected chi connectivity index (χ4v) is 4.36. The van der Waals surface area contributed by atoms with Gasteiger partial charge in [0, 0.05) is 12.1 Å². The van der Waals surface area contributed by atoms with Crippen molar-refractivity contribution in [1.29, 1.82) is 0 Å². The van der Waals surface area contributed by atoms with Crippen LogP contribution in [0.2, 0.25) is 0 Å². The van der Waals surface area contributed by atoms with Crippen molar-refractivity contribution in [3.8, 4) is 0 Å². The number of hydrogen-bond donors (Lipinski definition) is 2. The summed E-state index contributed by atoms with van der Waals surface area (Å²) in [6.07, 6.45) is 5.82. The summed E-state index contributed by atoms with van der Waals surface area (Å²) in [4.78, 5) is 0. The lowest BCUT2D eigenvalue weighted by Gasteiger charge is -2.29. The highest BCUT2D eigenvalue weighted by Gasteiger charge is 2.27. The van der Waals surface area contributed by atoms with Crippen molar-refractivity contribution in [2.45, 2.75) is 64.5 Å². The lowest BCUT2D eigenvalue weighted by molar-refractivity contribution is 0.360. The zero-order valence-electron chi connectivity index (χ0n) is 11.0. The van der Waals surface area contributed by atoms with Crippen LogP contribution in [-0.2, 0) is 10.0 Å². The number of nitrogens with two attached hydrogens (primary N) is 1. The summed E-state index contributed by atoms with van der Waals surface area (Å²) in [6.45, 7) is 4.08. The minimum Gasteiger partial charge on any atom is -0.326 e. The molecule has 1 aliphatic rings. The summed E-state index contributed by atoms with van der Waals surface area (Å²) >= 11 is 0. The average molecular weight is 262 g/mol. The summed E-state index contributed by atoms with van der Waals surface area (Å²) < 4.78 is 26.8. The summed E-state index contributed by atoms with van der Waals surface area (Å²) in [5, 5.41) is 0. The quantitative estimate of drug-likeness (QED) is 0.764. The lowest BCUT2D eigenvalue weighted by Crippen LogP contribution is -2.50. The second-order valence-electron chi connectivity index (χ2n) is 5.14. The first-order valence-electron chi connectivity index (χ1n) is 6.74. The molecule has 1 saturated carbocycles. The predicted octanol–water partition coefficient (Wildman–Crippen LogP) is 1.61. The molecule has 17 heavy (non-hydrogen) atoms. The van der Waals surface area contributed by atoms with Crippen molar-refractivity contribution < 1.29 is 8.42 Å². The molecule has 0 radical (unpaired) electrons. The highest BCUT2D eigenvalue weighted by Crippen LogP contribution is 2.18. The average Bonchev–Trinajstić information content (AvgIpc) is 2.29. The fourth-order valence-electron chi connectivity index (χ4n) is 2.42. The van der Waals surface area contributed by atoms with Crippen molar-refractivity contribution in [2.24, 2.45) is 11.7 Å². The van der Waals surface area contributed by atoms with E-state index in [1.807, 2.05) is 13.8 Å². The van der Waals surface area contributed by atoms with Gasteiger partial charge < -0.3 is 5.73 Å². The van der Waals surface area contributed by atoms with E-state index in [-0.39, 0.29) is 23.8 Å². The Bertz CT molecular complexity index is 312. The molecule has 102 valence electrons. The first kappa shape index (κ1) is 14.9. The van der Waals surface area contributed by atoms with Crippen molar-refractivity contribution in [2.75, 3.05) is 5.75 Å². The molecule has 4 nitrogen and oxygen atoms in total. The predicted molar refractivity (Wildman–Crippen MR) is 71.2 cm³/mol. The van der Waals surface area contributed by atoms with Gasteiger partial charge >= 0.3 is 0 Å². The Morgan fingerprint density at radius 3 is 2.35 bits per heavy atom. The van der Waals surface area contributed by atoms with Gasteiger partial charge in [0.15, 0.2) is 0 Å². The molecule has 2 unspecified atom stereocenters. The van der Waals surface area contributed by atoms with Crippen LogP contribution in [0.15, 0.2) is 0 Å². The van der Waals surface area contributed by atoms with Gasteiger partial charge in [0.05, 0.1) is 5.75 Å². The van der Waals surface area contributed by atoms with E-state index >= 15 is 0 Å². The molecule has 0 aromatic carbocycles. The molecule has 0 aliphatic heterocycles. The smallest absolute Gasteiger partial charge is 0.212 e. The minimum atomic E-state index is -3.17.